The van der Waals surface area contributed by atoms with Gasteiger partial charge in [-0.1, -0.05) is 30.7 Å². The summed E-state index contributed by atoms with van der Waals surface area (Å²) in [6.07, 6.45) is 7.70. The Kier molecular flexibility index (Phi) is 7.73. The molecular weight excluding hydrogens is 520 g/mol. The Bertz CT molecular complexity index is 1540. The van der Waals surface area contributed by atoms with E-state index in [1.54, 1.807) is 34.2 Å². The highest BCUT2D eigenvalue weighted by Gasteiger charge is 2.29. The highest BCUT2D eigenvalue weighted by molar-refractivity contribution is 7.89. The van der Waals surface area contributed by atoms with E-state index in [0.29, 0.717) is 18.8 Å². The fourth-order valence-electron chi connectivity index (χ4n) is 4.38. The van der Waals surface area contributed by atoms with Gasteiger partial charge in [-0.05, 0) is 60.7 Å². The van der Waals surface area contributed by atoms with Gasteiger partial charge in [-0.3, -0.25) is 4.79 Å². The number of para-hydroxylation sites is 1. The highest BCUT2D eigenvalue weighted by atomic mass is 32.2. The van der Waals surface area contributed by atoms with E-state index in [0.717, 1.165) is 41.1 Å². The summed E-state index contributed by atoms with van der Waals surface area (Å²) in [5.41, 5.74) is 2.84. The van der Waals surface area contributed by atoms with Gasteiger partial charge in [0.05, 0.1) is 17.7 Å². The van der Waals surface area contributed by atoms with Gasteiger partial charge in [0.25, 0.3) is 0 Å². The monoisotopic (exact) mass is 548 g/mol. The van der Waals surface area contributed by atoms with E-state index in [1.165, 1.54) is 23.6 Å². The topological polar surface area (TPSA) is 93.5 Å². The first-order valence-corrected chi connectivity index (χ1v) is 14.6. The molecule has 0 unspecified atom stereocenters. The largest absolute Gasteiger partial charge is 0.495 e. The Morgan fingerprint density at radius 2 is 1.84 bits per heavy atom. The third kappa shape index (κ3) is 5.57. The fraction of sp³-hybridized carbons (Fsp3) is 0.214. The van der Waals surface area contributed by atoms with Gasteiger partial charge < -0.3 is 10.1 Å². The molecule has 38 heavy (non-hydrogen) atoms. The van der Waals surface area contributed by atoms with Crippen LogP contribution in [0.1, 0.15) is 24.8 Å². The average molecular weight is 549 g/mol. The molecule has 4 aromatic rings. The summed E-state index contributed by atoms with van der Waals surface area (Å²) in [5, 5.41) is 9.51. The number of sulfonamides is 1. The lowest BCUT2D eigenvalue weighted by Crippen LogP contribution is -2.35. The maximum Gasteiger partial charge on any atom is 0.248 e. The van der Waals surface area contributed by atoms with Crippen molar-refractivity contribution in [2.24, 2.45) is 0 Å². The van der Waals surface area contributed by atoms with Crippen LogP contribution in [-0.4, -0.2) is 48.6 Å². The van der Waals surface area contributed by atoms with Gasteiger partial charge in [0.1, 0.15) is 16.3 Å². The third-order valence-electron chi connectivity index (χ3n) is 6.30. The van der Waals surface area contributed by atoms with Crippen molar-refractivity contribution in [1.82, 2.24) is 14.1 Å². The van der Waals surface area contributed by atoms with Crippen LogP contribution in [0.15, 0.2) is 83.2 Å². The molecule has 1 aliphatic rings. The minimum atomic E-state index is -3.74. The number of benzene rings is 2. The standard InChI is InChI=1S/C28H28N4O4S2/c1-36-24-14-13-22(19-26(24)38(34,35)31-16-6-3-7-17-31)29-27(33)15-12-21-20-32(23-9-4-2-5-10-23)30-28(21)25-11-8-18-37-25/h2,4-5,8-15,18-20H,3,6-7,16-17H2,1H3,(H,29,33)/b15-12+. The van der Waals surface area contributed by atoms with Crippen molar-refractivity contribution in [3.05, 3.63) is 83.9 Å². The normalized spacial score (nSPS) is 14.6. The van der Waals surface area contributed by atoms with Gasteiger partial charge in [0, 0.05) is 36.6 Å². The maximum atomic E-state index is 13.3. The molecule has 10 heteroatoms. The Morgan fingerprint density at radius 3 is 2.55 bits per heavy atom. The van der Waals surface area contributed by atoms with E-state index in [1.807, 2.05) is 54.0 Å². The number of piperidine rings is 1. The minimum Gasteiger partial charge on any atom is -0.495 e. The quantitative estimate of drug-likeness (QED) is 0.296. The molecule has 0 atom stereocenters. The van der Waals surface area contributed by atoms with Crippen molar-refractivity contribution < 1.29 is 17.9 Å². The van der Waals surface area contributed by atoms with E-state index >= 15 is 0 Å². The Hall–Kier alpha value is -3.73. The van der Waals surface area contributed by atoms with Crippen molar-refractivity contribution in [2.75, 3.05) is 25.5 Å². The van der Waals surface area contributed by atoms with Crippen LogP contribution in [0, 0.1) is 0 Å². The fourth-order valence-corrected chi connectivity index (χ4v) is 6.81. The summed E-state index contributed by atoms with van der Waals surface area (Å²) in [4.78, 5) is 13.9. The first-order chi connectivity index (χ1) is 18.5. The highest BCUT2D eigenvalue weighted by Crippen LogP contribution is 2.32. The first kappa shape index (κ1) is 25.9. The number of nitrogens with one attached hydrogen (secondary N) is 1. The van der Waals surface area contributed by atoms with Crippen LogP contribution in [0.2, 0.25) is 0 Å². The zero-order valence-electron chi connectivity index (χ0n) is 20.9. The number of hydrogen-bond donors (Lipinski definition) is 1. The summed E-state index contributed by atoms with van der Waals surface area (Å²) >= 11 is 1.57. The van der Waals surface area contributed by atoms with Gasteiger partial charge in [0.15, 0.2) is 0 Å². The number of rotatable bonds is 8. The molecule has 5 rings (SSSR count). The molecule has 1 fully saturated rings. The molecular formula is C28H28N4O4S2. The van der Waals surface area contributed by atoms with Gasteiger partial charge in [-0.25, -0.2) is 13.1 Å². The zero-order chi connectivity index (χ0) is 26.5. The van der Waals surface area contributed by atoms with Crippen LogP contribution in [-0.2, 0) is 14.8 Å². The van der Waals surface area contributed by atoms with Crippen molar-refractivity contribution in [3.8, 4) is 22.0 Å². The van der Waals surface area contributed by atoms with Gasteiger partial charge in [-0.2, -0.15) is 9.40 Å². The van der Waals surface area contributed by atoms with Crippen LogP contribution >= 0.6 is 11.3 Å². The number of amides is 1. The number of carbonyl (C=O) groups is 1. The number of anilines is 1. The third-order valence-corrected chi connectivity index (χ3v) is 9.09. The van der Waals surface area contributed by atoms with Crippen molar-refractivity contribution in [3.63, 3.8) is 0 Å². The van der Waals surface area contributed by atoms with Crippen LogP contribution in [0.5, 0.6) is 5.75 Å². The molecule has 0 radical (unpaired) electrons. The average Bonchev–Trinajstić information content (AvgIpc) is 3.63. The molecule has 8 nitrogen and oxygen atoms in total. The predicted molar refractivity (Wildman–Crippen MR) is 150 cm³/mol. The molecule has 0 saturated carbocycles. The minimum absolute atomic E-state index is 0.0489. The summed E-state index contributed by atoms with van der Waals surface area (Å²) < 4.78 is 35.2. The number of hydrogen-bond acceptors (Lipinski definition) is 6. The maximum absolute atomic E-state index is 13.3. The van der Waals surface area contributed by atoms with Crippen LogP contribution in [0.3, 0.4) is 0 Å². The second-order valence-corrected chi connectivity index (χ2v) is 11.7. The van der Waals surface area contributed by atoms with E-state index < -0.39 is 10.0 Å². The van der Waals surface area contributed by atoms with E-state index in [4.69, 9.17) is 9.84 Å². The number of aromatic nitrogens is 2. The smallest absolute Gasteiger partial charge is 0.248 e. The second-order valence-electron chi connectivity index (χ2n) is 8.84. The van der Waals surface area contributed by atoms with Crippen LogP contribution in [0.4, 0.5) is 5.69 Å². The molecule has 196 valence electrons. The van der Waals surface area contributed by atoms with E-state index in [-0.39, 0.29) is 16.6 Å². The molecule has 0 bridgehead atoms. The SMILES string of the molecule is COc1ccc(NC(=O)/C=C/c2cn(-c3ccccc3)nc2-c2cccs2)cc1S(=O)(=O)N1CCCCC1. The van der Waals surface area contributed by atoms with Gasteiger partial charge in [-0.15, -0.1) is 11.3 Å². The predicted octanol–water partition coefficient (Wildman–Crippen LogP) is 5.44. The molecule has 0 aliphatic carbocycles. The zero-order valence-corrected chi connectivity index (χ0v) is 22.5. The summed E-state index contributed by atoms with van der Waals surface area (Å²) in [6, 6.07) is 18.4. The van der Waals surface area contributed by atoms with Crippen LogP contribution < -0.4 is 10.1 Å². The number of methoxy groups -OCH3 is 1. The lowest BCUT2D eigenvalue weighted by molar-refractivity contribution is -0.111. The number of nitrogens with zero attached hydrogens (tertiary/aromatic N) is 3. The molecule has 1 N–H and O–H groups in total. The molecule has 2 aromatic heterocycles. The summed E-state index contributed by atoms with van der Waals surface area (Å²) in [5.74, 6) is -0.140. The van der Waals surface area contributed by atoms with Crippen LogP contribution in [0.25, 0.3) is 22.3 Å². The number of ether oxygens (including phenoxy) is 1. The molecule has 1 aliphatic heterocycles. The van der Waals surface area contributed by atoms with E-state index in [9.17, 15) is 13.2 Å². The molecule has 3 heterocycles. The van der Waals surface area contributed by atoms with Gasteiger partial charge in [0.2, 0.25) is 15.9 Å². The van der Waals surface area contributed by atoms with Crippen molar-refractivity contribution >= 4 is 39.0 Å². The number of carbonyl (C=O) groups excluding carboxylic acids is 1. The lowest BCUT2D eigenvalue weighted by atomic mass is 10.2. The Labute approximate surface area is 226 Å². The summed E-state index contributed by atoms with van der Waals surface area (Å²) in [7, 11) is -2.31. The Balaban J connectivity index is 1.39. The first-order valence-electron chi connectivity index (χ1n) is 12.3. The molecule has 1 amide bonds. The molecule has 2 aromatic carbocycles. The van der Waals surface area contributed by atoms with Crippen molar-refractivity contribution in [1.29, 1.82) is 0 Å². The molecule has 1 saturated heterocycles. The van der Waals surface area contributed by atoms with Gasteiger partial charge >= 0.3 is 0 Å². The lowest BCUT2D eigenvalue weighted by Gasteiger charge is -2.26. The Morgan fingerprint density at radius 1 is 1.05 bits per heavy atom. The molecule has 0 spiro atoms. The summed E-state index contributed by atoms with van der Waals surface area (Å²) in [6.45, 7) is 0.960. The van der Waals surface area contributed by atoms with Crippen molar-refractivity contribution in [2.45, 2.75) is 24.2 Å². The second kappa shape index (κ2) is 11.3. The number of thiophene rings is 1. The van der Waals surface area contributed by atoms with E-state index in [2.05, 4.69) is 5.32 Å².